The Labute approximate surface area is 229 Å². The Morgan fingerprint density at radius 3 is 2.26 bits per heavy atom. The van der Waals surface area contributed by atoms with Gasteiger partial charge < -0.3 is 24.4 Å². The Morgan fingerprint density at radius 1 is 0.868 bits per heavy atom. The van der Waals surface area contributed by atoms with E-state index in [1.165, 1.54) is 39.9 Å². The van der Waals surface area contributed by atoms with Crippen molar-refractivity contribution in [3.05, 3.63) is 82.4 Å². The maximum Gasteiger partial charge on any atom is 0.162 e. The van der Waals surface area contributed by atoms with Gasteiger partial charge in [-0.1, -0.05) is 37.3 Å². The molecule has 1 aliphatic carbocycles. The third kappa shape index (κ3) is 6.63. The van der Waals surface area contributed by atoms with E-state index in [0.717, 1.165) is 63.4 Å². The fourth-order valence-corrected chi connectivity index (χ4v) is 5.70. The largest absolute Gasteiger partial charge is 0.508 e. The van der Waals surface area contributed by atoms with Gasteiger partial charge in [0.05, 0.1) is 14.2 Å². The summed E-state index contributed by atoms with van der Waals surface area (Å²) in [7, 11) is 5.61. The first-order chi connectivity index (χ1) is 18.4. The first-order valence-corrected chi connectivity index (χ1v) is 14.0. The van der Waals surface area contributed by atoms with Gasteiger partial charge in [0.15, 0.2) is 11.5 Å². The number of phenols is 1. The Morgan fingerprint density at radius 2 is 1.58 bits per heavy atom. The van der Waals surface area contributed by atoms with E-state index in [0.29, 0.717) is 11.7 Å². The number of fused-ring (bicyclic) bond motifs is 1. The molecule has 0 aliphatic heterocycles. The number of hydrogen-bond donors (Lipinski definition) is 1. The average Bonchev–Trinajstić information content (AvgIpc) is 2.94. The van der Waals surface area contributed by atoms with Crippen LogP contribution >= 0.6 is 0 Å². The van der Waals surface area contributed by atoms with Crippen LogP contribution in [-0.4, -0.2) is 50.9 Å². The van der Waals surface area contributed by atoms with Crippen LogP contribution in [0.2, 0.25) is 0 Å². The fourth-order valence-electron chi connectivity index (χ4n) is 5.70. The van der Waals surface area contributed by atoms with Crippen LogP contribution in [0.4, 0.5) is 5.69 Å². The van der Waals surface area contributed by atoms with Gasteiger partial charge in [0.1, 0.15) is 5.75 Å². The summed E-state index contributed by atoms with van der Waals surface area (Å²) in [6, 6.07) is 19.3. The zero-order chi connectivity index (χ0) is 27.1. The van der Waals surface area contributed by atoms with Crippen LogP contribution in [0.3, 0.4) is 0 Å². The minimum Gasteiger partial charge on any atom is -0.508 e. The topological polar surface area (TPSA) is 45.2 Å². The van der Waals surface area contributed by atoms with Gasteiger partial charge in [0.25, 0.3) is 0 Å². The predicted molar refractivity (Wildman–Crippen MR) is 157 cm³/mol. The lowest BCUT2D eigenvalue weighted by Gasteiger charge is -2.32. The van der Waals surface area contributed by atoms with Gasteiger partial charge in [0.2, 0.25) is 0 Å². The van der Waals surface area contributed by atoms with Gasteiger partial charge >= 0.3 is 0 Å². The highest BCUT2D eigenvalue weighted by Gasteiger charge is 2.26. The standard InChI is InChI=1S/C33H44N2O3/c1-6-17-34(3)18-16-24-8-10-25(11-9-24)23-35(7-2)31-22-33(38-5)32(37-4)21-30(31)28-13-12-27-20-29(36)15-14-26(27)19-28/h8-11,14-15,20-22,28,36H,6-7,12-13,16-19,23H2,1-5H3. The molecule has 3 aromatic carbocycles. The normalized spacial score (nSPS) is 14.8. The number of phenolic OH excluding ortho intramolecular Hbond substituents is 1. The molecular weight excluding hydrogens is 472 g/mol. The van der Waals surface area contributed by atoms with E-state index >= 15 is 0 Å². The molecule has 1 N–H and O–H groups in total. The molecule has 0 radical (unpaired) electrons. The Bertz CT molecular complexity index is 1190. The Kier molecular flexibility index (Phi) is 9.57. The summed E-state index contributed by atoms with van der Waals surface area (Å²) < 4.78 is 11.5. The lowest BCUT2D eigenvalue weighted by molar-refractivity contribution is 0.339. The molecule has 0 saturated heterocycles. The maximum absolute atomic E-state index is 9.94. The molecule has 3 aromatic rings. The number of likely N-dealkylation sites (N-methyl/N-ethyl adjacent to an activating group) is 1. The van der Waals surface area contributed by atoms with Gasteiger partial charge in [-0.25, -0.2) is 0 Å². The molecule has 1 atom stereocenters. The molecular formula is C33H44N2O3. The summed E-state index contributed by atoms with van der Waals surface area (Å²) >= 11 is 0. The molecule has 1 aliphatic rings. The van der Waals surface area contributed by atoms with E-state index in [-0.39, 0.29) is 0 Å². The van der Waals surface area contributed by atoms with E-state index < -0.39 is 0 Å². The second-order valence-electron chi connectivity index (χ2n) is 10.5. The Balaban J connectivity index is 1.58. The molecule has 0 spiro atoms. The number of nitrogens with zero attached hydrogens (tertiary/aromatic N) is 2. The second kappa shape index (κ2) is 13.1. The third-order valence-corrected chi connectivity index (χ3v) is 7.90. The van der Waals surface area contributed by atoms with Crippen molar-refractivity contribution in [2.75, 3.05) is 45.8 Å². The number of anilines is 1. The summed E-state index contributed by atoms with van der Waals surface area (Å²) in [5.41, 5.74) is 7.79. The number of benzene rings is 3. The van der Waals surface area contributed by atoms with Crippen molar-refractivity contribution in [2.45, 2.75) is 58.4 Å². The summed E-state index contributed by atoms with van der Waals surface area (Å²) in [5, 5.41) is 9.94. The molecule has 5 heteroatoms. The van der Waals surface area contributed by atoms with Crippen molar-refractivity contribution >= 4 is 5.69 Å². The monoisotopic (exact) mass is 516 g/mol. The summed E-state index contributed by atoms with van der Waals surface area (Å²) in [5.74, 6) is 2.26. The molecule has 1 unspecified atom stereocenters. The molecule has 0 bridgehead atoms. The van der Waals surface area contributed by atoms with E-state index in [9.17, 15) is 5.11 Å². The van der Waals surface area contributed by atoms with Crippen LogP contribution in [0.1, 0.15) is 60.4 Å². The van der Waals surface area contributed by atoms with Crippen LogP contribution in [-0.2, 0) is 25.8 Å². The summed E-state index contributed by atoms with van der Waals surface area (Å²) in [6.45, 7) is 8.42. The van der Waals surface area contributed by atoms with Crippen LogP contribution < -0.4 is 14.4 Å². The maximum atomic E-state index is 9.94. The number of rotatable bonds is 12. The second-order valence-corrected chi connectivity index (χ2v) is 10.5. The van der Waals surface area contributed by atoms with Crippen molar-refractivity contribution in [1.29, 1.82) is 0 Å². The highest BCUT2D eigenvalue weighted by molar-refractivity contribution is 5.64. The highest BCUT2D eigenvalue weighted by atomic mass is 16.5. The predicted octanol–water partition coefficient (Wildman–Crippen LogP) is 6.59. The van der Waals surface area contributed by atoms with Gasteiger partial charge in [-0.05, 0) is 105 Å². The number of methoxy groups -OCH3 is 2. The van der Waals surface area contributed by atoms with E-state index in [1.807, 2.05) is 6.07 Å². The molecule has 4 rings (SSSR count). The first-order valence-electron chi connectivity index (χ1n) is 14.0. The SMILES string of the molecule is CCCN(C)CCc1ccc(CN(CC)c2cc(OC)c(OC)cc2C2CCc3cc(O)ccc3C2)cc1. The molecule has 204 valence electrons. The van der Waals surface area contributed by atoms with Gasteiger partial charge in [-0.2, -0.15) is 0 Å². The number of hydrogen-bond acceptors (Lipinski definition) is 5. The molecule has 0 saturated carbocycles. The van der Waals surface area contributed by atoms with Gasteiger partial charge in [-0.15, -0.1) is 0 Å². The third-order valence-electron chi connectivity index (χ3n) is 7.90. The summed E-state index contributed by atoms with van der Waals surface area (Å²) in [6.07, 6.45) is 5.23. The minimum atomic E-state index is 0.352. The van der Waals surface area contributed by atoms with Crippen molar-refractivity contribution in [1.82, 2.24) is 4.90 Å². The number of aromatic hydroxyl groups is 1. The van der Waals surface area contributed by atoms with Crippen molar-refractivity contribution in [3.63, 3.8) is 0 Å². The molecule has 0 aromatic heterocycles. The molecule has 0 amide bonds. The molecule has 0 fully saturated rings. The lowest BCUT2D eigenvalue weighted by atomic mass is 9.79. The quantitative estimate of drug-likeness (QED) is 0.294. The lowest BCUT2D eigenvalue weighted by Crippen LogP contribution is -2.25. The van der Waals surface area contributed by atoms with Gasteiger partial charge in [-0.3, -0.25) is 0 Å². The molecule has 38 heavy (non-hydrogen) atoms. The fraction of sp³-hybridized carbons (Fsp3) is 0.455. The molecule has 0 heterocycles. The van der Waals surface area contributed by atoms with E-state index in [4.69, 9.17) is 9.47 Å². The number of ether oxygens (including phenoxy) is 2. The highest BCUT2D eigenvalue weighted by Crippen LogP contribution is 2.43. The zero-order valence-corrected chi connectivity index (χ0v) is 23.8. The molecule has 5 nitrogen and oxygen atoms in total. The number of aryl methyl sites for hydroxylation is 1. The summed E-state index contributed by atoms with van der Waals surface area (Å²) in [4.78, 5) is 4.85. The first kappa shape index (κ1) is 27.8. The van der Waals surface area contributed by atoms with Crippen LogP contribution in [0, 0.1) is 0 Å². The minimum absolute atomic E-state index is 0.352. The van der Waals surface area contributed by atoms with E-state index in [1.54, 1.807) is 20.3 Å². The average molecular weight is 517 g/mol. The smallest absolute Gasteiger partial charge is 0.162 e. The Hall–Kier alpha value is -3.18. The van der Waals surface area contributed by atoms with Gasteiger partial charge in [0, 0.05) is 31.4 Å². The van der Waals surface area contributed by atoms with E-state index in [2.05, 4.69) is 73.2 Å². The zero-order valence-electron chi connectivity index (χ0n) is 23.8. The van der Waals surface area contributed by atoms with Crippen LogP contribution in [0.15, 0.2) is 54.6 Å². The van der Waals surface area contributed by atoms with Crippen molar-refractivity contribution in [3.8, 4) is 17.2 Å². The van der Waals surface area contributed by atoms with Crippen molar-refractivity contribution < 1.29 is 14.6 Å². The van der Waals surface area contributed by atoms with Crippen LogP contribution in [0.5, 0.6) is 17.2 Å². The van der Waals surface area contributed by atoms with Crippen molar-refractivity contribution in [2.24, 2.45) is 0 Å². The van der Waals surface area contributed by atoms with Crippen LogP contribution in [0.25, 0.3) is 0 Å².